The summed E-state index contributed by atoms with van der Waals surface area (Å²) in [5.41, 5.74) is 8.89. The topological polar surface area (TPSA) is 17.0 Å². The number of allylic oxidation sites excluding steroid dienone is 2. The van der Waals surface area contributed by atoms with Gasteiger partial charge in [-0.25, -0.2) is 0 Å². The lowest BCUT2D eigenvalue weighted by Gasteiger charge is -2.18. The molecule has 0 fully saturated rings. The number of hydrogen-bond donors (Lipinski definition) is 0. The highest BCUT2D eigenvalue weighted by atomic mass is 16.5. The minimum Gasteiger partial charge on any atom is -0.438 e. The molecule has 0 aliphatic heterocycles. The summed E-state index contributed by atoms with van der Waals surface area (Å²) in [5, 5.41) is 2.40. The number of pyridine rings is 2. The number of aryl methyl sites for hydroxylation is 3. The lowest BCUT2D eigenvalue weighted by atomic mass is 9.92. The van der Waals surface area contributed by atoms with E-state index in [1.165, 1.54) is 44.1 Å². The van der Waals surface area contributed by atoms with E-state index in [-0.39, 0.29) is 6.23 Å². The van der Waals surface area contributed by atoms with Crippen molar-refractivity contribution in [2.45, 2.75) is 53.7 Å². The van der Waals surface area contributed by atoms with E-state index in [0.29, 0.717) is 6.42 Å². The zero-order chi connectivity index (χ0) is 24.4. The number of benzene rings is 2. The van der Waals surface area contributed by atoms with Crippen molar-refractivity contribution in [2.75, 3.05) is 0 Å². The van der Waals surface area contributed by atoms with Crippen LogP contribution in [0.25, 0.3) is 27.4 Å². The number of hydrogen-bond acceptors (Lipinski definition) is 1. The molecule has 3 heteroatoms. The summed E-state index contributed by atoms with van der Waals surface area (Å²) in [6.07, 6.45) is 5.73. The normalized spacial score (nSPS) is 12.1. The lowest BCUT2D eigenvalue weighted by molar-refractivity contribution is -0.736. The molecule has 0 bridgehead atoms. The summed E-state index contributed by atoms with van der Waals surface area (Å²) in [6, 6.07) is 19.6. The molecule has 0 radical (unpaired) electrons. The molecule has 4 aromatic rings. The Balaban J connectivity index is 1.66. The van der Waals surface area contributed by atoms with Crippen LogP contribution in [0.2, 0.25) is 0 Å². The van der Waals surface area contributed by atoms with Gasteiger partial charge >= 0.3 is 0 Å². The van der Waals surface area contributed by atoms with E-state index in [2.05, 4.69) is 124 Å². The van der Waals surface area contributed by atoms with Crippen LogP contribution in [0.1, 0.15) is 57.0 Å². The highest BCUT2D eigenvalue weighted by Crippen LogP contribution is 2.30. The molecule has 0 N–H and O–H groups in total. The van der Waals surface area contributed by atoms with Gasteiger partial charge in [-0.3, -0.25) is 0 Å². The molecule has 1 unspecified atom stereocenters. The fourth-order valence-electron chi connectivity index (χ4n) is 4.78. The maximum atomic E-state index is 6.46. The number of rotatable bonds is 7. The minimum atomic E-state index is -0.191. The van der Waals surface area contributed by atoms with Crippen LogP contribution in [0, 0.1) is 6.92 Å². The Kier molecular flexibility index (Phi) is 6.83. The Labute approximate surface area is 203 Å². The van der Waals surface area contributed by atoms with Crippen molar-refractivity contribution < 1.29 is 13.9 Å². The first kappa shape index (κ1) is 23.7. The number of ether oxygens (including phenoxy) is 1. The molecule has 0 saturated carbocycles. The molecule has 2 aromatic carbocycles. The largest absolute Gasteiger partial charge is 0.438 e. The van der Waals surface area contributed by atoms with Crippen LogP contribution in [-0.2, 0) is 18.2 Å². The number of aromatic nitrogens is 2. The summed E-state index contributed by atoms with van der Waals surface area (Å²) >= 11 is 0. The second-order valence-electron chi connectivity index (χ2n) is 9.39. The molecule has 174 valence electrons. The van der Waals surface area contributed by atoms with E-state index in [4.69, 9.17) is 4.74 Å². The SMILES string of the molecule is C=C(CC(=C(C)C)c1cc(CC)ccc1C)OC(C)[n+]1cccc2ccc3ccc[n+](C)c3c21. The summed E-state index contributed by atoms with van der Waals surface area (Å²) < 4.78 is 10.9. The van der Waals surface area contributed by atoms with Crippen molar-refractivity contribution in [3.05, 3.63) is 102 Å². The van der Waals surface area contributed by atoms with Gasteiger partial charge in [-0.15, -0.1) is 0 Å². The van der Waals surface area contributed by atoms with E-state index in [9.17, 15) is 0 Å². The number of nitrogens with zero attached hydrogens (tertiary/aromatic N) is 2. The average Bonchev–Trinajstić information content (AvgIpc) is 2.82. The third kappa shape index (κ3) is 4.61. The first-order valence-electron chi connectivity index (χ1n) is 12.1. The second kappa shape index (κ2) is 9.80. The zero-order valence-corrected chi connectivity index (χ0v) is 21.4. The first-order chi connectivity index (χ1) is 16.3. The van der Waals surface area contributed by atoms with Crippen LogP contribution in [0.4, 0.5) is 0 Å². The zero-order valence-electron chi connectivity index (χ0n) is 21.4. The van der Waals surface area contributed by atoms with Gasteiger partial charge in [-0.2, -0.15) is 9.13 Å². The second-order valence-corrected chi connectivity index (χ2v) is 9.39. The fraction of sp³-hybridized carbons (Fsp3) is 0.290. The molecule has 2 heterocycles. The van der Waals surface area contributed by atoms with Crippen LogP contribution in [0.15, 0.2) is 84.9 Å². The molecule has 0 saturated heterocycles. The third-order valence-electron chi connectivity index (χ3n) is 6.67. The van der Waals surface area contributed by atoms with E-state index in [1.54, 1.807) is 0 Å². The van der Waals surface area contributed by atoms with E-state index < -0.39 is 0 Å². The van der Waals surface area contributed by atoms with Gasteiger partial charge in [-0.1, -0.05) is 37.3 Å². The molecule has 0 spiro atoms. The van der Waals surface area contributed by atoms with Crippen molar-refractivity contribution in [3.8, 4) is 0 Å². The van der Waals surface area contributed by atoms with Gasteiger partial charge in [-0.05, 0) is 73.7 Å². The first-order valence-corrected chi connectivity index (χ1v) is 12.1. The Morgan fingerprint density at radius 2 is 1.65 bits per heavy atom. The molecular formula is C31H36N2O+2. The maximum absolute atomic E-state index is 6.46. The van der Waals surface area contributed by atoms with E-state index in [1.807, 2.05) is 0 Å². The predicted octanol–water partition coefficient (Wildman–Crippen LogP) is 6.91. The maximum Gasteiger partial charge on any atom is 0.299 e. The van der Waals surface area contributed by atoms with Crippen molar-refractivity contribution in [3.63, 3.8) is 0 Å². The summed E-state index contributed by atoms with van der Waals surface area (Å²) in [5.74, 6) is 0.777. The van der Waals surface area contributed by atoms with Gasteiger partial charge in [0.15, 0.2) is 12.4 Å². The molecular weight excluding hydrogens is 416 g/mol. The molecule has 2 aromatic heterocycles. The molecule has 0 amide bonds. The Morgan fingerprint density at radius 1 is 0.971 bits per heavy atom. The molecule has 1 atom stereocenters. The summed E-state index contributed by atoms with van der Waals surface area (Å²) in [4.78, 5) is 0. The van der Waals surface area contributed by atoms with Gasteiger partial charge in [0.25, 0.3) is 17.3 Å². The van der Waals surface area contributed by atoms with Crippen LogP contribution in [0.5, 0.6) is 0 Å². The molecule has 0 aliphatic carbocycles. The minimum absolute atomic E-state index is 0.191. The van der Waals surface area contributed by atoms with Crippen molar-refractivity contribution in [1.29, 1.82) is 0 Å². The Morgan fingerprint density at radius 3 is 2.32 bits per heavy atom. The highest BCUT2D eigenvalue weighted by Gasteiger charge is 2.25. The van der Waals surface area contributed by atoms with Crippen molar-refractivity contribution in [2.24, 2.45) is 7.05 Å². The lowest BCUT2D eigenvalue weighted by Crippen LogP contribution is -2.42. The summed E-state index contributed by atoms with van der Waals surface area (Å²) in [7, 11) is 2.09. The smallest absolute Gasteiger partial charge is 0.299 e. The average molecular weight is 453 g/mol. The number of fused-ring (bicyclic) bond motifs is 3. The van der Waals surface area contributed by atoms with Crippen LogP contribution in [-0.4, -0.2) is 0 Å². The fourth-order valence-corrected chi connectivity index (χ4v) is 4.78. The van der Waals surface area contributed by atoms with Crippen molar-refractivity contribution >= 4 is 27.4 Å². The highest BCUT2D eigenvalue weighted by molar-refractivity contribution is 5.98. The van der Waals surface area contributed by atoms with Gasteiger partial charge in [0.05, 0.1) is 10.8 Å². The molecule has 4 rings (SSSR count). The standard InChI is InChI=1S/C31H36N2O/c1-8-25-14-13-22(4)29(20-25)28(21(2)3)19-23(5)34-24(6)33-18-10-12-27-16-15-26-11-9-17-32(7)30(26)31(27)33/h9-18,20,24H,5,8,19H2,1-4,6-7H3/q+2. The Bertz CT molecular complexity index is 1410. The third-order valence-corrected chi connectivity index (χ3v) is 6.67. The van der Waals surface area contributed by atoms with Crippen molar-refractivity contribution in [1.82, 2.24) is 0 Å². The summed E-state index contributed by atoms with van der Waals surface area (Å²) in [6.45, 7) is 15.2. The van der Waals surface area contributed by atoms with Crippen LogP contribution >= 0.6 is 0 Å². The van der Waals surface area contributed by atoms with Gasteiger partial charge in [0, 0.05) is 25.5 Å². The molecule has 0 aliphatic rings. The van der Waals surface area contributed by atoms with Crippen LogP contribution < -0.4 is 9.13 Å². The van der Waals surface area contributed by atoms with Gasteiger partial charge in [0.1, 0.15) is 12.8 Å². The quantitative estimate of drug-likeness (QED) is 0.169. The van der Waals surface area contributed by atoms with Gasteiger partial charge < -0.3 is 4.74 Å². The monoisotopic (exact) mass is 452 g/mol. The van der Waals surface area contributed by atoms with E-state index >= 15 is 0 Å². The molecule has 3 nitrogen and oxygen atoms in total. The molecule has 34 heavy (non-hydrogen) atoms. The van der Waals surface area contributed by atoms with Gasteiger partial charge in [0.2, 0.25) is 0 Å². The van der Waals surface area contributed by atoms with Crippen LogP contribution in [0.3, 0.4) is 0 Å². The Hall–Kier alpha value is -3.46. The predicted molar refractivity (Wildman–Crippen MR) is 141 cm³/mol. The van der Waals surface area contributed by atoms with E-state index in [0.717, 1.165) is 17.7 Å².